The molecule has 1 aliphatic carbocycles. The first-order valence-electron chi connectivity index (χ1n) is 7.48. The van der Waals surface area contributed by atoms with Crippen LogP contribution in [0, 0.1) is 12.3 Å². The number of pyridine rings is 1. The number of hydrogen-bond donors (Lipinski definition) is 0. The van der Waals surface area contributed by atoms with E-state index in [9.17, 15) is 0 Å². The molecule has 0 radical (unpaired) electrons. The number of aryl methyl sites for hydroxylation is 1. The van der Waals surface area contributed by atoms with E-state index in [2.05, 4.69) is 45.7 Å². The average Bonchev–Trinajstić information content (AvgIpc) is 2.24. The Hall–Kier alpha value is -1.05. The number of aromatic nitrogens is 1. The van der Waals surface area contributed by atoms with Crippen LogP contribution in [0.4, 0.5) is 0 Å². The summed E-state index contributed by atoms with van der Waals surface area (Å²) >= 11 is 0. The molecule has 1 aromatic rings. The zero-order chi connectivity index (χ0) is 14.1. The molecule has 0 bridgehead atoms. The summed E-state index contributed by atoms with van der Waals surface area (Å²) in [4.78, 5) is 4.55. The van der Waals surface area contributed by atoms with Crippen molar-refractivity contribution in [1.82, 2.24) is 4.98 Å². The van der Waals surface area contributed by atoms with E-state index in [1.54, 1.807) is 0 Å². The highest BCUT2D eigenvalue weighted by molar-refractivity contribution is 5.30. The summed E-state index contributed by atoms with van der Waals surface area (Å²) in [6.07, 6.45) is 7.76. The van der Waals surface area contributed by atoms with Crippen molar-refractivity contribution in [3.8, 4) is 5.88 Å². The van der Waals surface area contributed by atoms with Gasteiger partial charge in [-0.15, -0.1) is 0 Å². The monoisotopic (exact) mass is 261 g/mol. The molecule has 0 aliphatic heterocycles. The van der Waals surface area contributed by atoms with Crippen LogP contribution in [-0.4, -0.2) is 10.6 Å². The first kappa shape index (κ1) is 14.4. The van der Waals surface area contributed by atoms with Gasteiger partial charge in [-0.2, -0.15) is 0 Å². The second-order valence-electron chi connectivity index (χ2n) is 7.20. The normalized spacial score (nSPS) is 17.9. The Kier molecular flexibility index (Phi) is 3.89. The van der Waals surface area contributed by atoms with Crippen LogP contribution >= 0.6 is 0 Å². The number of rotatable bonds is 4. The standard InChI is InChI=1S/C17H27NO/c1-6-17(8-7-9-17)19-15-13(2)10-14(12-18-15)11-16(3,4)5/h10,12H,6-9,11H2,1-5H3. The fourth-order valence-electron chi connectivity index (χ4n) is 2.74. The SMILES string of the molecule is CCC1(Oc2ncc(CC(C)(C)C)cc2C)CCC1. The third-order valence-corrected chi connectivity index (χ3v) is 4.04. The molecule has 0 aromatic carbocycles. The van der Waals surface area contributed by atoms with Crippen molar-refractivity contribution >= 4 is 0 Å². The van der Waals surface area contributed by atoms with Crippen molar-refractivity contribution in [2.45, 2.75) is 72.3 Å². The van der Waals surface area contributed by atoms with Gasteiger partial charge in [0, 0.05) is 11.8 Å². The lowest BCUT2D eigenvalue weighted by Crippen LogP contribution is -2.42. The van der Waals surface area contributed by atoms with Crippen molar-refractivity contribution in [3.63, 3.8) is 0 Å². The summed E-state index contributed by atoms with van der Waals surface area (Å²) in [6, 6.07) is 2.23. The Morgan fingerprint density at radius 2 is 2.00 bits per heavy atom. The van der Waals surface area contributed by atoms with E-state index in [4.69, 9.17) is 4.74 Å². The summed E-state index contributed by atoms with van der Waals surface area (Å²) in [7, 11) is 0. The van der Waals surface area contributed by atoms with E-state index in [1.807, 2.05) is 6.20 Å². The molecule has 0 atom stereocenters. The molecule has 2 rings (SSSR count). The summed E-state index contributed by atoms with van der Waals surface area (Å²) < 4.78 is 6.19. The van der Waals surface area contributed by atoms with E-state index >= 15 is 0 Å². The number of nitrogens with zero attached hydrogens (tertiary/aromatic N) is 1. The molecule has 1 saturated carbocycles. The lowest BCUT2D eigenvalue weighted by atomic mass is 9.78. The molecular weight excluding hydrogens is 234 g/mol. The van der Waals surface area contributed by atoms with Crippen molar-refractivity contribution in [2.75, 3.05) is 0 Å². The Bertz CT molecular complexity index is 436. The molecule has 1 heterocycles. The van der Waals surface area contributed by atoms with E-state index in [0.29, 0.717) is 5.41 Å². The smallest absolute Gasteiger partial charge is 0.216 e. The second-order valence-corrected chi connectivity index (χ2v) is 7.20. The topological polar surface area (TPSA) is 22.1 Å². The van der Waals surface area contributed by atoms with Gasteiger partial charge in [-0.1, -0.05) is 27.7 Å². The maximum Gasteiger partial charge on any atom is 0.216 e. The third-order valence-electron chi connectivity index (χ3n) is 4.04. The highest BCUT2D eigenvalue weighted by atomic mass is 16.5. The van der Waals surface area contributed by atoms with Gasteiger partial charge in [0.1, 0.15) is 5.60 Å². The Labute approximate surface area is 117 Å². The van der Waals surface area contributed by atoms with Gasteiger partial charge in [-0.05, 0) is 56.1 Å². The zero-order valence-electron chi connectivity index (χ0n) is 13.0. The van der Waals surface area contributed by atoms with Crippen molar-refractivity contribution in [3.05, 3.63) is 23.4 Å². The van der Waals surface area contributed by atoms with Crippen LogP contribution in [0.2, 0.25) is 0 Å². The van der Waals surface area contributed by atoms with E-state index in [0.717, 1.165) is 18.7 Å². The molecule has 0 saturated heterocycles. The molecule has 1 aromatic heterocycles. The van der Waals surface area contributed by atoms with Gasteiger partial charge in [0.15, 0.2) is 0 Å². The minimum Gasteiger partial charge on any atom is -0.471 e. The maximum absolute atomic E-state index is 6.19. The van der Waals surface area contributed by atoms with Crippen LogP contribution in [-0.2, 0) is 6.42 Å². The van der Waals surface area contributed by atoms with Crippen molar-refractivity contribution in [1.29, 1.82) is 0 Å². The van der Waals surface area contributed by atoms with Crippen LogP contribution in [0.25, 0.3) is 0 Å². The average molecular weight is 261 g/mol. The van der Waals surface area contributed by atoms with Gasteiger partial charge in [-0.25, -0.2) is 4.98 Å². The van der Waals surface area contributed by atoms with Gasteiger partial charge >= 0.3 is 0 Å². The molecule has 106 valence electrons. The second kappa shape index (κ2) is 5.15. The summed E-state index contributed by atoms with van der Waals surface area (Å²) in [5.74, 6) is 0.833. The molecule has 19 heavy (non-hydrogen) atoms. The van der Waals surface area contributed by atoms with Gasteiger partial charge in [0.25, 0.3) is 0 Å². The van der Waals surface area contributed by atoms with E-state index < -0.39 is 0 Å². The maximum atomic E-state index is 6.19. The van der Waals surface area contributed by atoms with Gasteiger partial charge < -0.3 is 4.74 Å². The zero-order valence-corrected chi connectivity index (χ0v) is 13.0. The highest BCUT2D eigenvalue weighted by Gasteiger charge is 2.38. The van der Waals surface area contributed by atoms with Crippen LogP contribution in [0.1, 0.15) is 64.5 Å². The van der Waals surface area contributed by atoms with Crippen molar-refractivity contribution in [2.24, 2.45) is 5.41 Å². The quantitative estimate of drug-likeness (QED) is 0.784. The molecule has 2 heteroatoms. The van der Waals surface area contributed by atoms with Gasteiger partial charge in [-0.3, -0.25) is 0 Å². The minimum atomic E-state index is 0.0727. The largest absolute Gasteiger partial charge is 0.471 e. The predicted octanol–water partition coefficient (Wildman–Crippen LogP) is 4.69. The molecule has 1 fully saturated rings. The molecule has 1 aliphatic rings. The minimum absolute atomic E-state index is 0.0727. The Balaban J connectivity index is 2.11. The van der Waals surface area contributed by atoms with Gasteiger partial charge in [0.2, 0.25) is 5.88 Å². The third kappa shape index (κ3) is 3.49. The number of hydrogen-bond acceptors (Lipinski definition) is 2. The fourth-order valence-corrected chi connectivity index (χ4v) is 2.74. The lowest BCUT2D eigenvalue weighted by molar-refractivity contribution is -0.0148. The van der Waals surface area contributed by atoms with E-state index in [1.165, 1.54) is 30.4 Å². The molecular formula is C17H27NO. The van der Waals surface area contributed by atoms with Gasteiger partial charge in [0.05, 0.1) is 0 Å². The summed E-state index contributed by atoms with van der Waals surface area (Å²) in [5, 5.41) is 0. The van der Waals surface area contributed by atoms with Crippen LogP contribution in [0.3, 0.4) is 0 Å². The fraction of sp³-hybridized carbons (Fsp3) is 0.706. The highest BCUT2D eigenvalue weighted by Crippen LogP contribution is 2.39. The summed E-state index contributed by atoms with van der Waals surface area (Å²) in [6.45, 7) is 11.1. The molecule has 0 N–H and O–H groups in total. The lowest BCUT2D eigenvalue weighted by Gasteiger charge is -2.41. The molecule has 0 spiro atoms. The predicted molar refractivity (Wildman–Crippen MR) is 79.6 cm³/mol. The Morgan fingerprint density at radius 3 is 2.42 bits per heavy atom. The van der Waals surface area contributed by atoms with Crippen molar-refractivity contribution < 1.29 is 4.74 Å². The van der Waals surface area contributed by atoms with Crippen LogP contribution in [0.5, 0.6) is 5.88 Å². The number of ether oxygens (including phenoxy) is 1. The van der Waals surface area contributed by atoms with Crippen LogP contribution in [0.15, 0.2) is 12.3 Å². The first-order valence-corrected chi connectivity index (χ1v) is 7.48. The molecule has 2 nitrogen and oxygen atoms in total. The summed E-state index contributed by atoms with van der Waals surface area (Å²) in [5.41, 5.74) is 2.84. The molecule has 0 unspecified atom stereocenters. The first-order chi connectivity index (χ1) is 8.84. The van der Waals surface area contributed by atoms with Crippen LogP contribution < -0.4 is 4.74 Å². The molecule has 0 amide bonds. The van der Waals surface area contributed by atoms with E-state index in [-0.39, 0.29) is 5.60 Å². The Morgan fingerprint density at radius 1 is 1.32 bits per heavy atom.